The Morgan fingerprint density at radius 3 is 2.65 bits per heavy atom. The van der Waals surface area contributed by atoms with Crippen LogP contribution >= 0.6 is 15.9 Å². The number of rotatable bonds is 5. The van der Waals surface area contributed by atoms with Gasteiger partial charge in [-0.2, -0.15) is 4.31 Å². The lowest BCUT2D eigenvalue weighted by molar-refractivity contribution is -0.118. The molecular weight excluding hydrogens is 388 g/mol. The molecule has 0 aromatic heterocycles. The van der Waals surface area contributed by atoms with E-state index in [1.807, 2.05) is 0 Å². The molecule has 128 valence electrons. The maximum atomic E-state index is 12.9. The number of benzene rings is 1. The average Bonchev–Trinajstić information content (AvgIpc) is 2.42. The van der Waals surface area contributed by atoms with Gasteiger partial charge in [-0.05, 0) is 35.8 Å². The maximum Gasteiger partial charge on any atom is 0.262 e. The molecule has 0 bridgehead atoms. The number of fused-ring (bicyclic) bond motifs is 1. The molecular formula is C14H19BrN2O5S. The fraction of sp³-hybridized carbons (Fsp3) is 0.500. The molecule has 0 spiro atoms. The smallest absolute Gasteiger partial charge is 0.262 e. The first-order chi connectivity index (χ1) is 10.5. The van der Waals surface area contributed by atoms with Gasteiger partial charge in [-0.25, -0.2) is 8.42 Å². The molecule has 1 amide bonds. The topological polar surface area (TPSA) is 95.9 Å². The van der Waals surface area contributed by atoms with Crippen molar-refractivity contribution < 1.29 is 23.1 Å². The van der Waals surface area contributed by atoms with E-state index in [0.717, 1.165) is 0 Å². The highest BCUT2D eigenvalue weighted by atomic mass is 79.9. The van der Waals surface area contributed by atoms with Gasteiger partial charge < -0.3 is 15.2 Å². The van der Waals surface area contributed by atoms with E-state index in [4.69, 9.17) is 4.74 Å². The lowest BCUT2D eigenvalue weighted by atomic mass is 10.1. The number of likely N-dealkylation sites (N-methyl/N-ethyl adjacent to an activating group) is 1. The van der Waals surface area contributed by atoms with Gasteiger partial charge in [0.15, 0.2) is 6.61 Å². The van der Waals surface area contributed by atoms with Crippen LogP contribution < -0.4 is 10.1 Å². The minimum Gasteiger partial charge on any atom is -0.482 e. The summed E-state index contributed by atoms with van der Waals surface area (Å²) in [6.45, 7) is 4.82. The zero-order chi connectivity index (χ0) is 17.4. The largest absolute Gasteiger partial charge is 0.482 e. The Morgan fingerprint density at radius 1 is 1.43 bits per heavy atom. The minimum atomic E-state index is -3.83. The van der Waals surface area contributed by atoms with E-state index in [0.29, 0.717) is 15.9 Å². The highest BCUT2D eigenvalue weighted by Crippen LogP contribution is 2.37. The molecule has 0 saturated heterocycles. The first kappa shape index (κ1) is 18.2. The molecule has 1 heterocycles. The standard InChI is InChI=1S/C14H19BrN2O5S/c1-4-17(8-14(2,3)19)23(20,21)12-6-11-10(5-9(12)15)16-13(18)7-22-11/h5-6,19H,4,7-8H2,1-3H3,(H,16,18). The van der Waals surface area contributed by atoms with Gasteiger partial charge in [-0.1, -0.05) is 6.92 Å². The molecule has 0 aliphatic carbocycles. The van der Waals surface area contributed by atoms with E-state index in [1.54, 1.807) is 20.8 Å². The number of hydrogen-bond acceptors (Lipinski definition) is 5. The van der Waals surface area contributed by atoms with Crippen molar-refractivity contribution in [1.82, 2.24) is 4.31 Å². The predicted molar refractivity (Wildman–Crippen MR) is 89.0 cm³/mol. The Morgan fingerprint density at radius 2 is 2.09 bits per heavy atom. The summed E-state index contributed by atoms with van der Waals surface area (Å²) in [5.41, 5.74) is -0.744. The van der Waals surface area contributed by atoms with Crippen LogP contribution in [0.5, 0.6) is 5.75 Å². The SMILES string of the molecule is CCN(CC(C)(C)O)S(=O)(=O)c1cc2c(cc1Br)NC(=O)CO2. The lowest BCUT2D eigenvalue weighted by Crippen LogP contribution is -2.42. The van der Waals surface area contributed by atoms with Crippen LogP contribution in [0.1, 0.15) is 20.8 Å². The Kier molecular flexibility index (Phi) is 5.05. The molecule has 2 rings (SSSR count). The van der Waals surface area contributed by atoms with Crippen LogP contribution in [0.25, 0.3) is 0 Å². The molecule has 9 heteroatoms. The molecule has 1 aliphatic rings. The summed E-state index contributed by atoms with van der Waals surface area (Å²) in [6, 6.07) is 2.87. The summed E-state index contributed by atoms with van der Waals surface area (Å²) in [7, 11) is -3.83. The summed E-state index contributed by atoms with van der Waals surface area (Å²) < 4.78 is 32.5. The van der Waals surface area contributed by atoms with Crippen LogP contribution in [-0.4, -0.2) is 49.0 Å². The third-order valence-corrected chi connectivity index (χ3v) is 6.08. The van der Waals surface area contributed by atoms with E-state index in [-0.39, 0.29) is 30.5 Å². The van der Waals surface area contributed by atoms with Crippen LogP contribution in [0.4, 0.5) is 5.69 Å². The Labute approximate surface area is 143 Å². The fourth-order valence-electron chi connectivity index (χ4n) is 2.22. The molecule has 1 aliphatic heterocycles. The molecule has 2 N–H and O–H groups in total. The molecule has 23 heavy (non-hydrogen) atoms. The number of nitrogens with zero attached hydrogens (tertiary/aromatic N) is 1. The number of ether oxygens (including phenoxy) is 1. The van der Waals surface area contributed by atoms with E-state index >= 15 is 0 Å². The van der Waals surface area contributed by atoms with Crippen molar-refractivity contribution in [2.75, 3.05) is 25.0 Å². The third-order valence-electron chi connectivity index (χ3n) is 3.20. The second kappa shape index (κ2) is 6.39. The number of nitrogens with one attached hydrogen (secondary N) is 1. The molecule has 7 nitrogen and oxygen atoms in total. The van der Waals surface area contributed by atoms with Crippen LogP contribution in [0.15, 0.2) is 21.5 Å². The lowest BCUT2D eigenvalue weighted by Gasteiger charge is -2.28. The Balaban J connectivity index is 2.45. The Bertz CT molecular complexity index is 727. The molecule has 0 saturated carbocycles. The number of carbonyl (C=O) groups excluding carboxylic acids is 1. The number of carbonyl (C=O) groups is 1. The second-order valence-corrected chi connectivity index (χ2v) is 8.62. The third kappa shape index (κ3) is 4.03. The number of halogens is 1. The zero-order valence-corrected chi connectivity index (χ0v) is 15.5. The van der Waals surface area contributed by atoms with Gasteiger partial charge in [0.05, 0.1) is 11.3 Å². The first-order valence-electron chi connectivity index (χ1n) is 7.03. The van der Waals surface area contributed by atoms with E-state index < -0.39 is 15.6 Å². The van der Waals surface area contributed by atoms with Gasteiger partial charge >= 0.3 is 0 Å². The van der Waals surface area contributed by atoms with Crippen molar-refractivity contribution in [2.24, 2.45) is 0 Å². The number of hydrogen-bond donors (Lipinski definition) is 2. The van der Waals surface area contributed by atoms with E-state index in [9.17, 15) is 18.3 Å². The van der Waals surface area contributed by atoms with E-state index in [2.05, 4.69) is 21.2 Å². The van der Waals surface area contributed by atoms with Crippen molar-refractivity contribution in [3.8, 4) is 5.75 Å². The normalized spacial score (nSPS) is 15.1. The Hall–Kier alpha value is -1.16. The van der Waals surface area contributed by atoms with Crippen molar-refractivity contribution in [2.45, 2.75) is 31.3 Å². The highest BCUT2D eigenvalue weighted by molar-refractivity contribution is 9.10. The zero-order valence-electron chi connectivity index (χ0n) is 13.1. The first-order valence-corrected chi connectivity index (χ1v) is 9.26. The predicted octanol–water partition coefficient (Wildman–Crippen LogP) is 1.56. The molecule has 1 aromatic rings. The summed E-state index contributed by atoms with van der Waals surface area (Å²) >= 11 is 3.23. The number of amides is 1. The quantitative estimate of drug-likeness (QED) is 0.773. The van der Waals surface area contributed by atoms with Crippen molar-refractivity contribution in [3.05, 3.63) is 16.6 Å². The number of sulfonamides is 1. The van der Waals surface area contributed by atoms with Gasteiger partial charge in [0.25, 0.3) is 5.91 Å². The van der Waals surface area contributed by atoms with Crippen molar-refractivity contribution in [1.29, 1.82) is 0 Å². The highest BCUT2D eigenvalue weighted by Gasteiger charge is 2.31. The van der Waals surface area contributed by atoms with Gasteiger partial charge in [0, 0.05) is 23.6 Å². The van der Waals surface area contributed by atoms with Crippen LogP contribution in [0.3, 0.4) is 0 Å². The van der Waals surface area contributed by atoms with Crippen molar-refractivity contribution >= 4 is 37.5 Å². The van der Waals surface area contributed by atoms with Gasteiger partial charge in [-0.3, -0.25) is 4.79 Å². The monoisotopic (exact) mass is 406 g/mol. The van der Waals surface area contributed by atoms with Crippen molar-refractivity contribution in [3.63, 3.8) is 0 Å². The molecule has 0 atom stereocenters. The van der Waals surface area contributed by atoms with Gasteiger partial charge in [0.2, 0.25) is 10.0 Å². The molecule has 0 unspecified atom stereocenters. The summed E-state index contributed by atoms with van der Waals surface area (Å²) in [5, 5.41) is 12.5. The van der Waals surface area contributed by atoms with Crippen LogP contribution in [0, 0.1) is 0 Å². The average molecular weight is 407 g/mol. The molecule has 0 radical (unpaired) electrons. The fourth-order valence-corrected chi connectivity index (χ4v) is 4.84. The van der Waals surface area contributed by atoms with Gasteiger partial charge in [-0.15, -0.1) is 0 Å². The summed E-state index contributed by atoms with van der Waals surface area (Å²) in [4.78, 5) is 11.4. The second-order valence-electron chi connectivity index (χ2n) is 5.86. The van der Waals surface area contributed by atoms with Crippen LogP contribution in [-0.2, 0) is 14.8 Å². The number of aliphatic hydroxyl groups is 1. The molecule has 1 aromatic carbocycles. The number of anilines is 1. The van der Waals surface area contributed by atoms with Gasteiger partial charge in [0.1, 0.15) is 10.6 Å². The summed E-state index contributed by atoms with van der Waals surface area (Å²) in [5.74, 6) is 0.00269. The minimum absolute atomic E-state index is 0.0264. The maximum absolute atomic E-state index is 12.9. The summed E-state index contributed by atoms with van der Waals surface area (Å²) in [6.07, 6.45) is 0. The molecule has 0 fully saturated rings. The van der Waals surface area contributed by atoms with Crippen LogP contribution in [0.2, 0.25) is 0 Å². The van der Waals surface area contributed by atoms with E-state index in [1.165, 1.54) is 16.4 Å².